The number of hydrogen-bond acceptors (Lipinski definition) is 6. The molecule has 172 valence electrons. The first kappa shape index (κ1) is 22.9. The molecule has 2 heterocycles. The van der Waals surface area contributed by atoms with Crippen molar-refractivity contribution in [3.63, 3.8) is 0 Å². The maximum absolute atomic E-state index is 13.2. The SMILES string of the molecule is O=C(OCC[C@@H](Cc1cnccn1)CN1CCCC1)C(O)(c1ccccc1)C1CCCC1. The molecule has 1 aliphatic carbocycles. The van der Waals surface area contributed by atoms with Gasteiger partial charge in [-0.25, -0.2) is 4.79 Å². The minimum atomic E-state index is -1.56. The van der Waals surface area contributed by atoms with Gasteiger partial charge in [0, 0.05) is 31.1 Å². The Labute approximate surface area is 191 Å². The molecule has 2 aliphatic rings. The number of ether oxygens (including phenoxy) is 1. The van der Waals surface area contributed by atoms with E-state index < -0.39 is 11.6 Å². The van der Waals surface area contributed by atoms with Crippen LogP contribution >= 0.6 is 0 Å². The molecule has 2 aromatic rings. The Morgan fingerprint density at radius 3 is 2.56 bits per heavy atom. The van der Waals surface area contributed by atoms with Crippen molar-refractivity contribution in [1.82, 2.24) is 14.9 Å². The van der Waals surface area contributed by atoms with Crippen molar-refractivity contribution in [3.05, 3.63) is 60.2 Å². The molecule has 1 aromatic carbocycles. The number of aromatic nitrogens is 2. The topological polar surface area (TPSA) is 75.5 Å². The molecule has 2 atom stereocenters. The van der Waals surface area contributed by atoms with Crippen molar-refractivity contribution >= 4 is 5.97 Å². The van der Waals surface area contributed by atoms with Gasteiger partial charge in [-0.05, 0) is 63.1 Å². The molecule has 32 heavy (non-hydrogen) atoms. The quantitative estimate of drug-likeness (QED) is 0.571. The Hall–Kier alpha value is -2.31. The van der Waals surface area contributed by atoms with Crippen LogP contribution in [-0.2, 0) is 21.6 Å². The molecule has 1 saturated carbocycles. The van der Waals surface area contributed by atoms with Gasteiger partial charge in [0.25, 0.3) is 0 Å². The maximum atomic E-state index is 13.2. The molecule has 0 bridgehead atoms. The van der Waals surface area contributed by atoms with Crippen molar-refractivity contribution in [1.29, 1.82) is 0 Å². The van der Waals surface area contributed by atoms with Gasteiger partial charge >= 0.3 is 5.97 Å². The molecule has 1 N–H and O–H groups in total. The summed E-state index contributed by atoms with van der Waals surface area (Å²) in [7, 11) is 0. The van der Waals surface area contributed by atoms with Gasteiger partial charge in [-0.1, -0.05) is 43.2 Å². The summed E-state index contributed by atoms with van der Waals surface area (Å²) in [6.45, 7) is 3.54. The normalized spacial score (nSPS) is 20.2. The van der Waals surface area contributed by atoms with E-state index in [1.807, 2.05) is 36.5 Å². The molecular weight excluding hydrogens is 402 g/mol. The molecule has 6 nitrogen and oxygen atoms in total. The van der Waals surface area contributed by atoms with E-state index in [2.05, 4.69) is 14.9 Å². The average molecular weight is 438 g/mol. The minimum Gasteiger partial charge on any atom is -0.463 e. The third kappa shape index (κ3) is 5.54. The highest BCUT2D eigenvalue weighted by Gasteiger charge is 2.47. The maximum Gasteiger partial charge on any atom is 0.343 e. The van der Waals surface area contributed by atoms with Crippen LogP contribution in [-0.4, -0.2) is 52.2 Å². The zero-order valence-electron chi connectivity index (χ0n) is 18.9. The predicted octanol–water partition coefficient (Wildman–Crippen LogP) is 3.74. The van der Waals surface area contributed by atoms with Gasteiger partial charge in [0.05, 0.1) is 12.3 Å². The number of carbonyl (C=O) groups excluding carboxylic acids is 1. The van der Waals surface area contributed by atoms with Crippen molar-refractivity contribution < 1.29 is 14.6 Å². The Kier molecular flexibility index (Phi) is 7.87. The third-order valence-electron chi connectivity index (χ3n) is 7.06. The Morgan fingerprint density at radius 1 is 1.12 bits per heavy atom. The molecule has 1 saturated heterocycles. The summed E-state index contributed by atoms with van der Waals surface area (Å²) >= 11 is 0. The number of esters is 1. The summed E-state index contributed by atoms with van der Waals surface area (Å²) < 4.78 is 5.76. The second-order valence-corrected chi connectivity index (χ2v) is 9.31. The van der Waals surface area contributed by atoms with E-state index >= 15 is 0 Å². The van der Waals surface area contributed by atoms with Gasteiger partial charge in [0.1, 0.15) is 0 Å². The van der Waals surface area contributed by atoms with E-state index in [1.165, 1.54) is 12.8 Å². The fraction of sp³-hybridized carbons (Fsp3) is 0.577. The van der Waals surface area contributed by atoms with Gasteiger partial charge in [-0.2, -0.15) is 0 Å². The number of aliphatic hydroxyl groups is 1. The number of hydrogen-bond donors (Lipinski definition) is 1. The van der Waals surface area contributed by atoms with Gasteiger partial charge in [0.2, 0.25) is 0 Å². The Balaban J connectivity index is 1.40. The zero-order valence-corrected chi connectivity index (χ0v) is 18.9. The Bertz CT molecular complexity index is 836. The number of nitrogens with zero attached hydrogens (tertiary/aromatic N) is 3. The molecule has 0 spiro atoms. The van der Waals surface area contributed by atoms with Crippen LogP contribution in [0.15, 0.2) is 48.9 Å². The summed E-state index contributed by atoms with van der Waals surface area (Å²) in [6.07, 6.45) is 13.1. The van der Waals surface area contributed by atoms with Crippen LogP contribution in [0, 0.1) is 11.8 Å². The first-order valence-electron chi connectivity index (χ1n) is 12.1. The summed E-state index contributed by atoms with van der Waals surface area (Å²) in [5.41, 5.74) is 0.0486. The number of likely N-dealkylation sites (tertiary alicyclic amines) is 1. The summed E-state index contributed by atoms with van der Waals surface area (Å²) in [5.74, 6) is -0.263. The number of benzene rings is 1. The van der Waals surface area contributed by atoms with Crippen molar-refractivity contribution in [2.45, 2.75) is 57.0 Å². The molecular formula is C26H35N3O3. The molecule has 0 amide bonds. The lowest BCUT2D eigenvalue weighted by molar-refractivity contribution is -0.174. The highest BCUT2D eigenvalue weighted by Crippen LogP contribution is 2.41. The molecule has 1 aromatic heterocycles. The molecule has 2 fully saturated rings. The molecule has 6 heteroatoms. The van der Waals surface area contributed by atoms with Crippen LogP contribution in [0.3, 0.4) is 0 Å². The second kappa shape index (κ2) is 11.0. The van der Waals surface area contributed by atoms with Crippen molar-refractivity contribution in [2.75, 3.05) is 26.2 Å². The first-order valence-corrected chi connectivity index (χ1v) is 12.1. The van der Waals surface area contributed by atoms with E-state index in [-0.39, 0.29) is 5.92 Å². The molecule has 1 aliphatic heterocycles. The van der Waals surface area contributed by atoms with Crippen LogP contribution in [0.1, 0.15) is 56.2 Å². The summed E-state index contributed by atoms with van der Waals surface area (Å²) in [5, 5.41) is 11.6. The average Bonchev–Trinajstić information content (AvgIpc) is 3.54. The standard InChI is InChI=1S/C26H35N3O3/c30-25(26(31,23-10-4-5-11-23)22-8-2-1-3-9-22)32-17-12-21(20-29-15-6-7-16-29)18-24-19-27-13-14-28-24/h1-3,8-9,13-14,19,21,23,31H,4-7,10-12,15-18,20H2/t21-,26?/m0/s1. The summed E-state index contributed by atoms with van der Waals surface area (Å²) in [6, 6.07) is 9.32. The van der Waals surface area contributed by atoms with Crippen LogP contribution in [0.25, 0.3) is 0 Å². The first-order chi connectivity index (χ1) is 15.7. The third-order valence-corrected chi connectivity index (χ3v) is 7.06. The van der Waals surface area contributed by atoms with E-state index in [9.17, 15) is 9.90 Å². The largest absolute Gasteiger partial charge is 0.463 e. The van der Waals surface area contributed by atoms with E-state index in [0.29, 0.717) is 18.1 Å². The highest BCUT2D eigenvalue weighted by molar-refractivity contribution is 5.81. The Morgan fingerprint density at radius 2 is 1.88 bits per heavy atom. The van der Waals surface area contributed by atoms with Crippen LogP contribution < -0.4 is 0 Å². The fourth-order valence-electron chi connectivity index (χ4n) is 5.30. The lowest BCUT2D eigenvalue weighted by Gasteiger charge is -2.32. The zero-order chi connectivity index (χ0) is 22.2. The highest BCUT2D eigenvalue weighted by atomic mass is 16.5. The van der Waals surface area contributed by atoms with Crippen molar-refractivity contribution in [2.24, 2.45) is 11.8 Å². The molecule has 1 unspecified atom stereocenters. The fourth-order valence-corrected chi connectivity index (χ4v) is 5.30. The smallest absolute Gasteiger partial charge is 0.343 e. The molecule has 0 radical (unpaired) electrons. The molecule has 4 rings (SSSR count). The monoisotopic (exact) mass is 437 g/mol. The van der Waals surface area contributed by atoms with E-state index in [0.717, 1.165) is 63.9 Å². The van der Waals surface area contributed by atoms with Gasteiger partial charge in [-0.15, -0.1) is 0 Å². The van der Waals surface area contributed by atoms with Crippen LogP contribution in [0.5, 0.6) is 0 Å². The lowest BCUT2D eigenvalue weighted by atomic mass is 9.80. The van der Waals surface area contributed by atoms with Crippen LogP contribution in [0.2, 0.25) is 0 Å². The predicted molar refractivity (Wildman–Crippen MR) is 123 cm³/mol. The van der Waals surface area contributed by atoms with E-state index in [1.54, 1.807) is 12.4 Å². The lowest BCUT2D eigenvalue weighted by Crippen LogP contribution is -2.43. The summed E-state index contributed by atoms with van der Waals surface area (Å²) in [4.78, 5) is 24.4. The van der Waals surface area contributed by atoms with Gasteiger partial charge < -0.3 is 14.7 Å². The number of carbonyl (C=O) groups is 1. The van der Waals surface area contributed by atoms with Crippen molar-refractivity contribution in [3.8, 4) is 0 Å². The van der Waals surface area contributed by atoms with Gasteiger partial charge in [0.15, 0.2) is 5.60 Å². The van der Waals surface area contributed by atoms with Gasteiger partial charge in [-0.3, -0.25) is 9.97 Å². The second-order valence-electron chi connectivity index (χ2n) is 9.31. The number of rotatable bonds is 10. The van der Waals surface area contributed by atoms with E-state index in [4.69, 9.17) is 4.74 Å². The van der Waals surface area contributed by atoms with Crippen LogP contribution in [0.4, 0.5) is 0 Å². The minimum absolute atomic E-state index is 0.0857.